The lowest BCUT2D eigenvalue weighted by Crippen LogP contribution is -2.36. The number of likely N-dealkylation sites (tertiary alicyclic amines) is 1. The number of amides is 2. The number of carbonyl (C=O) groups excluding carboxylic acids is 2. The number of para-hydroxylation sites is 1. The molecule has 4 rings (SSSR count). The molecule has 0 aromatic heterocycles. The van der Waals surface area contributed by atoms with Crippen LogP contribution in [0.5, 0.6) is 0 Å². The van der Waals surface area contributed by atoms with Gasteiger partial charge >= 0.3 is 5.97 Å². The lowest BCUT2D eigenvalue weighted by Gasteiger charge is -2.21. The number of carboxylic acid groups (broad SMARTS) is 1. The molecule has 0 spiro atoms. The molecule has 1 aromatic carbocycles. The Balaban J connectivity index is 1.47. The zero-order valence-electron chi connectivity index (χ0n) is 14.3. The summed E-state index contributed by atoms with van der Waals surface area (Å²) in [6, 6.07) is 6.02. The number of aliphatic carboxylic acids is 1. The van der Waals surface area contributed by atoms with E-state index in [0.717, 1.165) is 12.8 Å². The van der Waals surface area contributed by atoms with Gasteiger partial charge in [0.25, 0.3) is 0 Å². The Morgan fingerprint density at radius 3 is 2.50 bits per heavy atom. The van der Waals surface area contributed by atoms with E-state index in [1.54, 1.807) is 17.0 Å². The fourth-order valence-corrected chi connectivity index (χ4v) is 4.31. The van der Waals surface area contributed by atoms with Crippen LogP contribution >= 0.6 is 0 Å². The van der Waals surface area contributed by atoms with Crippen LogP contribution in [0.2, 0.25) is 0 Å². The molecule has 1 aromatic rings. The molecule has 0 bridgehead atoms. The fourth-order valence-electron chi connectivity index (χ4n) is 4.31. The van der Waals surface area contributed by atoms with Gasteiger partial charge in [0.15, 0.2) is 0 Å². The minimum atomic E-state index is -0.854. The first-order chi connectivity index (χ1) is 12.5. The van der Waals surface area contributed by atoms with E-state index in [1.807, 2.05) is 0 Å². The predicted octanol–water partition coefficient (Wildman–Crippen LogP) is 1.75. The molecule has 3 aliphatic rings. The van der Waals surface area contributed by atoms with Crippen molar-refractivity contribution in [1.82, 2.24) is 4.90 Å². The van der Waals surface area contributed by atoms with Crippen molar-refractivity contribution in [3.63, 3.8) is 0 Å². The molecule has 0 radical (unpaired) electrons. The maximum atomic E-state index is 14.0. The molecule has 138 valence electrons. The summed E-state index contributed by atoms with van der Waals surface area (Å²) in [5.41, 5.74) is 0.188. The number of nitrogens with zero attached hydrogens (tertiary/aromatic N) is 2. The van der Waals surface area contributed by atoms with Gasteiger partial charge in [0.05, 0.1) is 17.5 Å². The van der Waals surface area contributed by atoms with Crippen LogP contribution in [0.25, 0.3) is 0 Å². The van der Waals surface area contributed by atoms with Crippen LogP contribution < -0.4 is 4.90 Å². The Bertz CT molecular complexity index is 764. The molecule has 3 fully saturated rings. The molecule has 7 heteroatoms. The van der Waals surface area contributed by atoms with Gasteiger partial charge in [-0.1, -0.05) is 12.1 Å². The number of anilines is 1. The highest BCUT2D eigenvalue weighted by molar-refractivity contribution is 6.00. The van der Waals surface area contributed by atoms with Gasteiger partial charge in [0.2, 0.25) is 11.8 Å². The highest BCUT2D eigenvalue weighted by atomic mass is 19.1. The number of rotatable bonds is 4. The molecule has 2 amide bonds. The van der Waals surface area contributed by atoms with Crippen molar-refractivity contribution in [2.45, 2.75) is 19.3 Å². The summed E-state index contributed by atoms with van der Waals surface area (Å²) in [5.74, 6) is -2.47. The highest BCUT2D eigenvalue weighted by Gasteiger charge is 2.48. The SMILES string of the molecule is O=C(O)[C@H]1CN(C(=O)C2CC(=O)N(c3ccccc3F)C2)C[C@@H]1C1CC1. The molecule has 1 aliphatic carbocycles. The molecular formula is C19H21FN2O4. The number of hydrogen-bond acceptors (Lipinski definition) is 3. The smallest absolute Gasteiger partial charge is 0.308 e. The lowest BCUT2D eigenvalue weighted by atomic mass is 9.92. The van der Waals surface area contributed by atoms with E-state index in [2.05, 4.69) is 0 Å². The van der Waals surface area contributed by atoms with Crippen LogP contribution in [0.1, 0.15) is 19.3 Å². The van der Waals surface area contributed by atoms with Crippen molar-refractivity contribution in [1.29, 1.82) is 0 Å². The second-order valence-corrected chi connectivity index (χ2v) is 7.55. The van der Waals surface area contributed by atoms with Crippen LogP contribution in [0, 0.1) is 29.5 Å². The summed E-state index contributed by atoms with van der Waals surface area (Å²) in [6.07, 6.45) is 2.09. The number of hydrogen-bond donors (Lipinski definition) is 1. The number of carboxylic acids is 1. The average molecular weight is 360 g/mol. The van der Waals surface area contributed by atoms with Crippen LogP contribution in [-0.4, -0.2) is 47.4 Å². The van der Waals surface area contributed by atoms with Gasteiger partial charge in [0, 0.05) is 26.1 Å². The van der Waals surface area contributed by atoms with E-state index in [9.17, 15) is 23.9 Å². The summed E-state index contributed by atoms with van der Waals surface area (Å²) in [4.78, 5) is 39.6. The topological polar surface area (TPSA) is 77.9 Å². The van der Waals surface area contributed by atoms with Gasteiger partial charge in [-0.2, -0.15) is 0 Å². The number of halogens is 1. The van der Waals surface area contributed by atoms with Gasteiger partial charge in [0.1, 0.15) is 5.82 Å². The van der Waals surface area contributed by atoms with Gasteiger partial charge in [-0.3, -0.25) is 14.4 Å². The lowest BCUT2D eigenvalue weighted by molar-refractivity contribution is -0.143. The predicted molar refractivity (Wildman–Crippen MR) is 90.8 cm³/mol. The van der Waals surface area contributed by atoms with Crippen LogP contribution in [0.4, 0.5) is 10.1 Å². The van der Waals surface area contributed by atoms with E-state index in [1.165, 1.54) is 17.0 Å². The zero-order valence-corrected chi connectivity index (χ0v) is 14.3. The maximum Gasteiger partial charge on any atom is 0.308 e. The molecule has 1 unspecified atom stereocenters. The van der Waals surface area contributed by atoms with Gasteiger partial charge in [-0.15, -0.1) is 0 Å². The average Bonchev–Trinajstić information content (AvgIpc) is 3.24. The highest BCUT2D eigenvalue weighted by Crippen LogP contribution is 2.44. The molecule has 1 saturated carbocycles. The van der Waals surface area contributed by atoms with E-state index in [-0.39, 0.29) is 42.9 Å². The summed E-state index contributed by atoms with van der Waals surface area (Å²) < 4.78 is 14.0. The molecule has 1 N–H and O–H groups in total. The third-order valence-electron chi connectivity index (χ3n) is 5.84. The van der Waals surface area contributed by atoms with Crippen molar-refractivity contribution in [3.05, 3.63) is 30.1 Å². The summed E-state index contributed by atoms with van der Waals surface area (Å²) >= 11 is 0. The third kappa shape index (κ3) is 2.95. The molecule has 2 saturated heterocycles. The number of benzene rings is 1. The van der Waals surface area contributed by atoms with Crippen LogP contribution in [0.15, 0.2) is 24.3 Å². The van der Waals surface area contributed by atoms with Gasteiger partial charge in [-0.25, -0.2) is 4.39 Å². The first kappa shape index (κ1) is 17.0. The molecule has 3 atom stereocenters. The fraction of sp³-hybridized carbons (Fsp3) is 0.526. The largest absolute Gasteiger partial charge is 0.481 e. The Morgan fingerprint density at radius 1 is 1.12 bits per heavy atom. The Hall–Kier alpha value is -2.44. The third-order valence-corrected chi connectivity index (χ3v) is 5.84. The van der Waals surface area contributed by atoms with Crippen molar-refractivity contribution >= 4 is 23.5 Å². The quantitative estimate of drug-likeness (QED) is 0.887. The molecule has 2 aliphatic heterocycles. The molecule has 6 nitrogen and oxygen atoms in total. The van der Waals surface area contributed by atoms with E-state index < -0.39 is 23.6 Å². The number of carbonyl (C=O) groups is 3. The maximum absolute atomic E-state index is 14.0. The first-order valence-corrected chi connectivity index (χ1v) is 9.02. The Kier molecular flexibility index (Phi) is 4.17. The monoisotopic (exact) mass is 360 g/mol. The Labute approximate surface area is 150 Å². The minimum absolute atomic E-state index is 0.0104. The second-order valence-electron chi connectivity index (χ2n) is 7.55. The standard InChI is InChI=1S/C19H21FN2O4/c20-15-3-1-2-4-16(15)22-8-12(7-17(22)23)18(24)21-9-13(11-5-6-11)14(10-21)19(25)26/h1-4,11-14H,5-10H2,(H,25,26)/t12?,13-,14+/m1/s1. The molecular weight excluding hydrogens is 339 g/mol. The van der Waals surface area contributed by atoms with Gasteiger partial charge < -0.3 is 14.9 Å². The van der Waals surface area contributed by atoms with E-state index >= 15 is 0 Å². The summed E-state index contributed by atoms with van der Waals surface area (Å²) in [5, 5.41) is 9.45. The van der Waals surface area contributed by atoms with Crippen molar-refractivity contribution in [3.8, 4) is 0 Å². The van der Waals surface area contributed by atoms with Crippen molar-refractivity contribution in [2.24, 2.45) is 23.7 Å². The zero-order chi connectivity index (χ0) is 18.4. The van der Waals surface area contributed by atoms with E-state index in [0.29, 0.717) is 12.5 Å². The first-order valence-electron chi connectivity index (χ1n) is 9.02. The summed E-state index contributed by atoms with van der Waals surface area (Å²) in [7, 11) is 0. The Morgan fingerprint density at radius 2 is 1.85 bits per heavy atom. The van der Waals surface area contributed by atoms with Crippen LogP contribution in [-0.2, 0) is 14.4 Å². The van der Waals surface area contributed by atoms with Crippen LogP contribution in [0.3, 0.4) is 0 Å². The minimum Gasteiger partial charge on any atom is -0.481 e. The molecule has 2 heterocycles. The van der Waals surface area contributed by atoms with Crippen molar-refractivity contribution < 1.29 is 23.9 Å². The van der Waals surface area contributed by atoms with Gasteiger partial charge in [-0.05, 0) is 36.8 Å². The van der Waals surface area contributed by atoms with Crippen molar-refractivity contribution in [2.75, 3.05) is 24.5 Å². The summed E-state index contributed by atoms with van der Waals surface area (Å²) in [6.45, 7) is 0.797. The normalized spacial score (nSPS) is 28.7. The molecule has 26 heavy (non-hydrogen) atoms. The van der Waals surface area contributed by atoms with E-state index in [4.69, 9.17) is 0 Å². The second kappa shape index (κ2) is 6.37.